The molecule has 0 aromatic carbocycles. The average Bonchev–Trinajstić information content (AvgIpc) is 1.97. The molecule has 0 fully saturated rings. The second kappa shape index (κ2) is 5.77. The van der Waals surface area contributed by atoms with Gasteiger partial charge < -0.3 is 10.0 Å². The molecule has 0 radical (unpaired) electrons. The van der Waals surface area contributed by atoms with E-state index in [0.717, 1.165) is 12.8 Å². The van der Waals surface area contributed by atoms with Crippen LogP contribution in [-0.2, 0) is 0 Å². The number of nitrogens with zero attached hydrogens (tertiary/aromatic N) is 1. The normalized spacial score (nSPS) is 9.18. The van der Waals surface area contributed by atoms with Crippen LogP contribution in [0.1, 0.15) is 19.8 Å². The van der Waals surface area contributed by atoms with Crippen molar-refractivity contribution < 1.29 is 9.90 Å². The fourth-order valence-electron chi connectivity index (χ4n) is 0.770. The molecular weight excluding hydrogens is 142 g/mol. The Morgan fingerprint density at radius 1 is 1.73 bits per heavy atom. The van der Waals surface area contributed by atoms with Gasteiger partial charge in [0.1, 0.15) is 0 Å². The van der Waals surface area contributed by atoms with Crippen molar-refractivity contribution in [1.82, 2.24) is 4.90 Å². The van der Waals surface area contributed by atoms with Gasteiger partial charge in [0.15, 0.2) is 0 Å². The van der Waals surface area contributed by atoms with Crippen LogP contribution >= 0.6 is 0 Å². The van der Waals surface area contributed by atoms with Crippen molar-refractivity contribution in [3.05, 3.63) is 12.7 Å². The molecule has 3 nitrogen and oxygen atoms in total. The predicted octanol–water partition coefficient (Wildman–Crippen LogP) is 1.95. The number of amides is 1. The molecule has 0 heterocycles. The molecule has 1 amide bonds. The summed E-state index contributed by atoms with van der Waals surface area (Å²) in [6.07, 6.45) is 2.67. The van der Waals surface area contributed by atoms with Gasteiger partial charge in [-0.15, -0.1) is 6.58 Å². The zero-order valence-corrected chi connectivity index (χ0v) is 6.92. The van der Waals surface area contributed by atoms with Crippen LogP contribution in [0.2, 0.25) is 0 Å². The summed E-state index contributed by atoms with van der Waals surface area (Å²) in [7, 11) is 0. The highest BCUT2D eigenvalue weighted by atomic mass is 16.4. The lowest BCUT2D eigenvalue weighted by atomic mass is 10.3. The van der Waals surface area contributed by atoms with Crippen molar-refractivity contribution in [2.45, 2.75) is 19.8 Å². The van der Waals surface area contributed by atoms with E-state index in [1.165, 1.54) is 4.90 Å². The SMILES string of the molecule is C=CCN(CCCC)C(=O)O. The van der Waals surface area contributed by atoms with E-state index in [2.05, 4.69) is 6.58 Å². The Kier molecular flexibility index (Phi) is 5.25. The van der Waals surface area contributed by atoms with Gasteiger partial charge in [-0.05, 0) is 6.42 Å². The van der Waals surface area contributed by atoms with Gasteiger partial charge in [-0.25, -0.2) is 4.79 Å². The molecule has 0 bridgehead atoms. The van der Waals surface area contributed by atoms with E-state index >= 15 is 0 Å². The molecule has 3 heteroatoms. The topological polar surface area (TPSA) is 40.5 Å². The van der Waals surface area contributed by atoms with Crippen LogP contribution in [0.4, 0.5) is 4.79 Å². The van der Waals surface area contributed by atoms with Crippen LogP contribution in [0.15, 0.2) is 12.7 Å². The van der Waals surface area contributed by atoms with E-state index in [1.807, 2.05) is 6.92 Å². The molecule has 64 valence electrons. The van der Waals surface area contributed by atoms with E-state index in [0.29, 0.717) is 13.1 Å². The van der Waals surface area contributed by atoms with Gasteiger partial charge in [-0.2, -0.15) is 0 Å². The van der Waals surface area contributed by atoms with E-state index in [1.54, 1.807) is 6.08 Å². The minimum atomic E-state index is -0.863. The number of hydrogen-bond acceptors (Lipinski definition) is 1. The predicted molar refractivity (Wildman–Crippen MR) is 44.7 cm³/mol. The van der Waals surface area contributed by atoms with Crippen LogP contribution < -0.4 is 0 Å². The Morgan fingerprint density at radius 3 is 2.73 bits per heavy atom. The van der Waals surface area contributed by atoms with E-state index in [4.69, 9.17) is 5.11 Å². The maximum absolute atomic E-state index is 10.5. The molecule has 0 aromatic heterocycles. The summed E-state index contributed by atoms with van der Waals surface area (Å²) in [6, 6.07) is 0. The quantitative estimate of drug-likeness (QED) is 0.619. The highest BCUT2D eigenvalue weighted by Crippen LogP contribution is 1.95. The van der Waals surface area contributed by atoms with Crippen LogP contribution in [0.3, 0.4) is 0 Å². The molecule has 0 spiro atoms. The van der Waals surface area contributed by atoms with Gasteiger partial charge in [0, 0.05) is 13.1 Å². The number of unbranched alkanes of at least 4 members (excludes halogenated alkanes) is 1. The highest BCUT2D eigenvalue weighted by Gasteiger charge is 2.07. The molecule has 0 saturated carbocycles. The average molecular weight is 157 g/mol. The largest absolute Gasteiger partial charge is 0.465 e. The maximum Gasteiger partial charge on any atom is 0.407 e. The molecule has 0 aliphatic heterocycles. The molecule has 1 N–H and O–H groups in total. The number of carboxylic acid groups (broad SMARTS) is 1. The van der Waals surface area contributed by atoms with Crippen LogP contribution in [-0.4, -0.2) is 29.2 Å². The lowest BCUT2D eigenvalue weighted by Crippen LogP contribution is -2.30. The summed E-state index contributed by atoms with van der Waals surface area (Å²) < 4.78 is 0. The monoisotopic (exact) mass is 157 g/mol. The molecule has 0 atom stereocenters. The third-order valence-corrected chi connectivity index (χ3v) is 1.40. The summed E-state index contributed by atoms with van der Waals surface area (Å²) in [5, 5.41) is 8.61. The minimum Gasteiger partial charge on any atom is -0.465 e. The zero-order valence-electron chi connectivity index (χ0n) is 6.92. The van der Waals surface area contributed by atoms with Crippen LogP contribution in [0.5, 0.6) is 0 Å². The first kappa shape index (κ1) is 10.0. The van der Waals surface area contributed by atoms with E-state index < -0.39 is 6.09 Å². The minimum absolute atomic E-state index is 0.426. The third kappa shape index (κ3) is 4.42. The van der Waals surface area contributed by atoms with Crippen LogP contribution in [0.25, 0.3) is 0 Å². The number of carbonyl (C=O) groups is 1. The molecule has 0 aromatic rings. The molecule has 0 unspecified atom stereocenters. The molecule has 0 aliphatic rings. The Morgan fingerprint density at radius 2 is 2.36 bits per heavy atom. The maximum atomic E-state index is 10.5. The van der Waals surface area contributed by atoms with Gasteiger partial charge in [-0.3, -0.25) is 0 Å². The Hall–Kier alpha value is -0.990. The van der Waals surface area contributed by atoms with Crippen LogP contribution in [0, 0.1) is 0 Å². The first-order valence-electron chi connectivity index (χ1n) is 3.81. The lowest BCUT2D eigenvalue weighted by molar-refractivity contribution is 0.150. The van der Waals surface area contributed by atoms with Crippen molar-refractivity contribution in [1.29, 1.82) is 0 Å². The van der Waals surface area contributed by atoms with Gasteiger partial charge in [0.05, 0.1) is 0 Å². The Bertz CT molecular complexity index is 134. The summed E-state index contributed by atoms with van der Waals surface area (Å²) in [6.45, 7) is 6.56. The highest BCUT2D eigenvalue weighted by molar-refractivity contribution is 5.65. The summed E-state index contributed by atoms with van der Waals surface area (Å²) in [5.74, 6) is 0. The smallest absolute Gasteiger partial charge is 0.407 e. The molecule has 0 rings (SSSR count). The number of rotatable bonds is 5. The standard InChI is InChI=1S/C8H15NO2/c1-3-5-7-9(6-4-2)8(10)11/h4H,2-3,5-7H2,1H3,(H,10,11). The second-order valence-electron chi connectivity index (χ2n) is 2.37. The van der Waals surface area contributed by atoms with Crippen molar-refractivity contribution >= 4 is 6.09 Å². The van der Waals surface area contributed by atoms with Crippen molar-refractivity contribution in [2.75, 3.05) is 13.1 Å². The van der Waals surface area contributed by atoms with Gasteiger partial charge >= 0.3 is 6.09 Å². The Labute approximate surface area is 67.3 Å². The molecule has 0 saturated heterocycles. The van der Waals surface area contributed by atoms with Gasteiger partial charge in [0.2, 0.25) is 0 Å². The van der Waals surface area contributed by atoms with E-state index in [9.17, 15) is 4.79 Å². The van der Waals surface area contributed by atoms with E-state index in [-0.39, 0.29) is 0 Å². The summed E-state index contributed by atoms with van der Waals surface area (Å²) >= 11 is 0. The fourth-order valence-corrected chi connectivity index (χ4v) is 0.770. The first-order valence-corrected chi connectivity index (χ1v) is 3.81. The second-order valence-corrected chi connectivity index (χ2v) is 2.37. The fraction of sp³-hybridized carbons (Fsp3) is 0.625. The molecule has 0 aliphatic carbocycles. The summed E-state index contributed by atoms with van der Waals surface area (Å²) in [5.41, 5.74) is 0. The summed E-state index contributed by atoms with van der Waals surface area (Å²) in [4.78, 5) is 11.8. The van der Waals surface area contributed by atoms with Gasteiger partial charge in [0.25, 0.3) is 0 Å². The first-order chi connectivity index (χ1) is 5.22. The van der Waals surface area contributed by atoms with Crippen molar-refractivity contribution in [3.8, 4) is 0 Å². The third-order valence-electron chi connectivity index (χ3n) is 1.40. The zero-order chi connectivity index (χ0) is 8.69. The van der Waals surface area contributed by atoms with Crippen molar-refractivity contribution in [2.24, 2.45) is 0 Å². The molecule has 11 heavy (non-hydrogen) atoms. The number of hydrogen-bond donors (Lipinski definition) is 1. The van der Waals surface area contributed by atoms with Gasteiger partial charge in [-0.1, -0.05) is 19.4 Å². The Balaban J connectivity index is 3.69. The van der Waals surface area contributed by atoms with Crippen molar-refractivity contribution in [3.63, 3.8) is 0 Å². The molecular formula is C8H15NO2. The lowest BCUT2D eigenvalue weighted by Gasteiger charge is -2.15.